The quantitative estimate of drug-likeness (QED) is 0.782. The number of nitriles is 1. The Hall–Kier alpha value is -2.48. The fourth-order valence-corrected chi connectivity index (χ4v) is 1.33. The monoisotopic (exact) mass is 215 g/mol. The van der Waals surface area contributed by atoms with E-state index in [0.717, 1.165) is 12.3 Å². The Balaban J connectivity index is 2.61. The lowest BCUT2D eigenvalue weighted by atomic mass is 10.1. The highest BCUT2D eigenvalue weighted by molar-refractivity contribution is 5.60. The summed E-state index contributed by atoms with van der Waals surface area (Å²) in [6, 6.07) is 5.68. The van der Waals surface area contributed by atoms with E-state index in [1.165, 1.54) is 18.3 Å². The first-order chi connectivity index (χ1) is 7.69. The van der Waals surface area contributed by atoms with E-state index in [4.69, 9.17) is 5.26 Å². The first-order valence-corrected chi connectivity index (χ1v) is 4.44. The summed E-state index contributed by atoms with van der Waals surface area (Å²) in [5.41, 5.74) is 0.616. The van der Waals surface area contributed by atoms with E-state index in [2.05, 4.69) is 9.97 Å². The highest BCUT2D eigenvalue weighted by atomic mass is 19.1. The van der Waals surface area contributed by atoms with Gasteiger partial charge in [0.05, 0.1) is 29.7 Å². The molecule has 0 aliphatic heterocycles. The van der Waals surface area contributed by atoms with Gasteiger partial charge in [0.1, 0.15) is 5.82 Å². The van der Waals surface area contributed by atoms with Crippen LogP contribution in [-0.2, 0) is 0 Å². The number of benzene rings is 1. The van der Waals surface area contributed by atoms with E-state index in [1.807, 2.05) is 6.07 Å². The van der Waals surface area contributed by atoms with Gasteiger partial charge >= 0.3 is 0 Å². The van der Waals surface area contributed by atoms with Crippen molar-refractivity contribution < 1.29 is 4.39 Å². The van der Waals surface area contributed by atoms with Crippen LogP contribution in [0.1, 0.15) is 5.56 Å². The van der Waals surface area contributed by atoms with Gasteiger partial charge in [-0.3, -0.25) is 9.78 Å². The lowest BCUT2D eigenvalue weighted by Crippen LogP contribution is -2.05. The Kier molecular flexibility index (Phi) is 2.48. The minimum atomic E-state index is -0.529. The zero-order chi connectivity index (χ0) is 11.5. The van der Waals surface area contributed by atoms with Gasteiger partial charge in [0.15, 0.2) is 0 Å². The molecule has 1 heterocycles. The number of H-pyrrole nitrogens is 1. The molecule has 0 radical (unpaired) electrons. The molecule has 0 saturated carbocycles. The zero-order valence-corrected chi connectivity index (χ0v) is 8.07. The largest absolute Gasteiger partial charge is 0.319 e. The van der Waals surface area contributed by atoms with E-state index in [-0.39, 0.29) is 11.1 Å². The Morgan fingerprint density at radius 1 is 1.31 bits per heavy atom. The molecule has 0 saturated heterocycles. The van der Waals surface area contributed by atoms with Crippen LogP contribution >= 0.6 is 0 Å². The number of nitrogens with one attached hydrogen (secondary N) is 1. The van der Waals surface area contributed by atoms with Crippen LogP contribution in [0.15, 0.2) is 35.4 Å². The van der Waals surface area contributed by atoms with Crippen LogP contribution in [-0.4, -0.2) is 9.97 Å². The molecule has 16 heavy (non-hydrogen) atoms. The predicted molar refractivity (Wildman–Crippen MR) is 55.0 cm³/mol. The Labute approximate surface area is 90.0 Å². The summed E-state index contributed by atoms with van der Waals surface area (Å²) in [6.07, 6.45) is 2.52. The summed E-state index contributed by atoms with van der Waals surface area (Å²) in [7, 11) is 0. The van der Waals surface area contributed by atoms with Crippen molar-refractivity contribution >= 4 is 0 Å². The minimum absolute atomic E-state index is 0.194. The molecule has 0 fully saturated rings. The molecule has 2 aromatic rings. The van der Waals surface area contributed by atoms with Gasteiger partial charge in [-0.05, 0) is 18.2 Å². The van der Waals surface area contributed by atoms with Gasteiger partial charge in [-0.2, -0.15) is 5.26 Å². The highest BCUT2D eigenvalue weighted by Crippen LogP contribution is 2.18. The Morgan fingerprint density at radius 3 is 2.81 bits per heavy atom. The fraction of sp³-hybridized carbons (Fsp3) is 0. The first-order valence-electron chi connectivity index (χ1n) is 4.44. The van der Waals surface area contributed by atoms with Crippen LogP contribution in [0.2, 0.25) is 0 Å². The summed E-state index contributed by atoms with van der Waals surface area (Å²) in [5.74, 6) is -0.529. The minimum Gasteiger partial charge on any atom is -0.319 e. The van der Waals surface area contributed by atoms with E-state index < -0.39 is 5.82 Å². The fourth-order valence-electron chi connectivity index (χ4n) is 1.33. The lowest BCUT2D eigenvalue weighted by molar-refractivity contribution is 0.628. The van der Waals surface area contributed by atoms with Crippen molar-refractivity contribution in [3.8, 4) is 17.3 Å². The van der Waals surface area contributed by atoms with E-state index >= 15 is 0 Å². The predicted octanol–water partition coefficient (Wildman–Crippen LogP) is 1.45. The maximum atomic E-state index is 13.1. The number of aromatic nitrogens is 2. The second kappa shape index (κ2) is 3.95. The molecule has 0 aliphatic carbocycles. The van der Waals surface area contributed by atoms with Crippen molar-refractivity contribution in [1.29, 1.82) is 5.26 Å². The van der Waals surface area contributed by atoms with Gasteiger partial charge in [-0.15, -0.1) is 0 Å². The Bertz CT molecular complexity index is 628. The summed E-state index contributed by atoms with van der Waals surface area (Å²) in [5, 5.41) is 8.68. The van der Waals surface area contributed by atoms with Crippen molar-refractivity contribution in [3.63, 3.8) is 0 Å². The number of halogens is 1. The van der Waals surface area contributed by atoms with Crippen molar-refractivity contribution in [3.05, 3.63) is 52.3 Å². The topological polar surface area (TPSA) is 69.5 Å². The summed E-state index contributed by atoms with van der Waals surface area (Å²) < 4.78 is 13.1. The third-order valence-corrected chi connectivity index (χ3v) is 1.99. The van der Waals surface area contributed by atoms with Gasteiger partial charge < -0.3 is 4.98 Å². The molecule has 0 unspecified atom stereocenters. The van der Waals surface area contributed by atoms with Crippen LogP contribution < -0.4 is 5.56 Å². The highest BCUT2D eigenvalue weighted by Gasteiger charge is 2.03. The molecule has 1 N–H and O–H groups in total. The SMILES string of the molecule is N#Cc1cc(F)cc(-c2cncc(=O)[nH]2)c1. The third kappa shape index (κ3) is 1.96. The van der Waals surface area contributed by atoms with Gasteiger partial charge in [0, 0.05) is 5.56 Å². The second-order valence-corrected chi connectivity index (χ2v) is 3.15. The number of aromatic amines is 1. The van der Waals surface area contributed by atoms with Crippen molar-refractivity contribution in [2.24, 2.45) is 0 Å². The molecule has 78 valence electrons. The van der Waals surface area contributed by atoms with E-state index in [1.54, 1.807) is 0 Å². The first kappa shape index (κ1) is 10.1. The average molecular weight is 215 g/mol. The second-order valence-electron chi connectivity index (χ2n) is 3.15. The van der Waals surface area contributed by atoms with Crippen LogP contribution in [0.4, 0.5) is 4.39 Å². The molecule has 1 aromatic heterocycles. The molecule has 2 rings (SSSR count). The molecule has 4 nitrogen and oxygen atoms in total. The van der Waals surface area contributed by atoms with Crippen LogP contribution in [0.5, 0.6) is 0 Å². The molecular formula is C11H6FN3O. The molecule has 0 aliphatic rings. The van der Waals surface area contributed by atoms with E-state index in [0.29, 0.717) is 11.3 Å². The van der Waals surface area contributed by atoms with Crippen molar-refractivity contribution in [2.45, 2.75) is 0 Å². The summed E-state index contributed by atoms with van der Waals surface area (Å²) in [6.45, 7) is 0. The maximum Gasteiger partial charge on any atom is 0.266 e. The van der Waals surface area contributed by atoms with Crippen LogP contribution in [0, 0.1) is 17.1 Å². The van der Waals surface area contributed by atoms with Gasteiger partial charge in [0.2, 0.25) is 0 Å². The zero-order valence-electron chi connectivity index (χ0n) is 8.07. The van der Waals surface area contributed by atoms with E-state index in [9.17, 15) is 9.18 Å². The molecule has 1 aromatic carbocycles. The molecule has 0 amide bonds. The molecule has 0 bridgehead atoms. The van der Waals surface area contributed by atoms with Crippen molar-refractivity contribution in [1.82, 2.24) is 9.97 Å². The number of rotatable bonds is 1. The molecular weight excluding hydrogens is 209 g/mol. The van der Waals surface area contributed by atoms with Crippen LogP contribution in [0.3, 0.4) is 0 Å². The lowest BCUT2D eigenvalue weighted by Gasteiger charge is -2.01. The Morgan fingerprint density at radius 2 is 2.12 bits per heavy atom. The molecule has 0 spiro atoms. The smallest absolute Gasteiger partial charge is 0.266 e. The summed E-state index contributed by atoms with van der Waals surface area (Å²) in [4.78, 5) is 17.2. The maximum absolute atomic E-state index is 13.1. The average Bonchev–Trinajstić information content (AvgIpc) is 2.28. The molecule has 5 heteroatoms. The normalized spacial score (nSPS) is 9.75. The number of hydrogen-bond donors (Lipinski definition) is 1. The third-order valence-electron chi connectivity index (χ3n) is 1.99. The van der Waals surface area contributed by atoms with Gasteiger partial charge in [-0.1, -0.05) is 0 Å². The standard InChI is InChI=1S/C11H6FN3O/c12-9-2-7(4-13)1-8(3-9)10-5-14-6-11(16)15-10/h1-3,5-6H,(H,15,16). The molecule has 0 atom stereocenters. The van der Waals surface area contributed by atoms with Gasteiger partial charge in [-0.25, -0.2) is 4.39 Å². The summed E-state index contributed by atoms with van der Waals surface area (Å²) >= 11 is 0. The van der Waals surface area contributed by atoms with Crippen LogP contribution in [0.25, 0.3) is 11.3 Å². The van der Waals surface area contributed by atoms with Gasteiger partial charge in [0.25, 0.3) is 5.56 Å². The van der Waals surface area contributed by atoms with Crippen molar-refractivity contribution in [2.75, 3.05) is 0 Å². The number of hydrogen-bond acceptors (Lipinski definition) is 3. The number of nitrogens with zero attached hydrogens (tertiary/aromatic N) is 2.